The van der Waals surface area contributed by atoms with E-state index in [2.05, 4.69) is 26.0 Å². The molecule has 4 fully saturated rings. The van der Waals surface area contributed by atoms with Gasteiger partial charge in [-0.05, 0) is 88.4 Å². The average Bonchev–Trinajstić information content (AvgIpc) is 3.40. The van der Waals surface area contributed by atoms with Crippen molar-refractivity contribution in [3.8, 4) is 0 Å². The number of rotatable bonds is 6. The van der Waals surface area contributed by atoms with Crippen LogP contribution in [0.2, 0.25) is 0 Å². The van der Waals surface area contributed by atoms with E-state index in [0.29, 0.717) is 36.7 Å². The molecule has 176 valence electrons. The van der Waals surface area contributed by atoms with Crippen molar-refractivity contribution in [1.82, 2.24) is 0 Å². The first-order valence-electron chi connectivity index (χ1n) is 12.7. The lowest BCUT2D eigenvalue weighted by Gasteiger charge is -2.44. The second-order valence-electron chi connectivity index (χ2n) is 12.0. The second kappa shape index (κ2) is 8.59. The minimum absolute atomic E-state index is 0.383. The summed E-state index contributed by atoms with van der Waals surface area (Å²) in [6.07, 6.45) is 14.2. The monoisotopic (exact) mass is 432 g/mol. The standard InChI is InChI=1S/C27H44O4/c1-18(7-5-13-25(2,3)30)21-11-12-22-20(8-6-14-26(21,22)4)10-9-19-15-23(28)27(17-31-27)24(29)16-19/h9-10,18,21-24,28-30H,5-8,11-17H2,1-4H3/b19-9?,20-10+/t18-,21?,22?,23+,24+,26?,27?/m0/s1. The van der Waals surface area contributed by atoms with Crippen molar-refractivity contribution in [3.63, 3.8) is 0 Å². The number of allylic oxidation sites excluding steroid dienone is 3. The van der Waals surface area contributed by atoms with E-state index in [9.17, 15) is 15.3 Å². The molecule has 31 heavy (non-hydrogen) atoms. The third-order valence-electron chi connectivity index (χ3n) is 9.22. The molecular weight excluding hydrogens is 388 g/mol. The molecule has 6 atom stereocenters. The topological polar surface area (TPSA) is 73.2 Å². The molecule has 4 rings (SSSR count). The van der Waals surface area contributed by atoms with E-state index in [1.165, 1.54) is 38.5 Å². The van der Waals surface area contributed by atoms with Crippen LogP contribution in [0, 0.1) is 23.2 Å². The highest BCUT2D eigenvalue weighted by Crippen LogP contribution is 2.60. The molecule has 0 aromatic carbocycles. The van der Waals surface area contributed by atoms with Crippen molar-refractivity contribution >= 4 is 0 Å². The Morgan fingerprint density at radius 3 is 2.45 bits per heavy atom. The van der Waals surface area contributed by atoms with E-state index in [0.717, 1.165) is 24.3 Å². The molecule has 1 aliphatic heterocycles. The largest absolute Gasteiger partial charge is 0.390 e. The van der Waals surface area contributed by atoms with Crippen LogP contribution in [0.5, 0.6) is 0 Å². The number of aliphatic hydroxyl groups is 3. The SMILES string of the molecule is C[C@@H](CCCC(C)(C)O)C1CCC2/C(=C/C=C3C[C@@H](O)C4(CO4)[C@H](O)C3)CCCC21C. The van der Waals surface area contributed by atoms with Gasteiger partial charge in [-0.3, -0.25) is 0 Å². The first-order valence-corrected chi connectivity index (χ1v) is 12.7. The second-order valence-corrected chi connectivity index (χ2v) is 12.0. The number of epoxide rings is 1. The van der Waals surface area contributed by atoms with Crippen molar-refractivity contribution in [2.75, 3.05) is 6.61 Å². The minimum atomic E-state index is -0.673. The maximum absolute atomic E-state index is 10.4. The summed E-state index contributed by atoms with van der Waals surface area (Å²) in [7, 11) is 0. The van der Waals surface area contributed by atoms with Gasteiger partial charge in [0.25, 0.3) is 0 Å². The zero-order valence-corrected chi connectivity index (χ0v) is 20.1. The molecule has 4 heteroatoms. The number of aliphatic hydroxyl groups excluding tert-OH is 2. The zero-order valence-electron chi connectivity index (χ0n) is 20.1. The van der Waals surface area contributed by atoms with Gasteiger partial charge in [0.05, 0.1) is 24.4 Å². The Morgan fingerprint density at radius 1 is 1.16 bits per heavy atom. The van der Waals surface area contributed by atoms with Crippen molar-refractivity contribution < 1.29 is 20.1 Å². The molecule has 3 aliphatic carbocycles. The van der Waals surface area contributed by atoms with Gasteiger partial charge >= 0.3 is 0 Å². The lowest BCUT2D eigenvalue weighted by molar-refractivity contribution is -0.0292. The van der Waals surface area contributed by atoms with Crippen molar-refractivity contribution in [2.45, 2.75) is 115 Å². The molecule has 1 spiro atoms. The molecule has 1 heterocycles. The summed E-state index contributed by atoms with van der Waals surface area (Å²) >= 11 is 0. The summed E-state index contributed by atoms with van der Waals surface area (Å²) < 4.78 is 5.40. The van der Waals surface area contributed by atoms with Crippen molar-refractivity contribution in [1.29, 1.82) is 0 Å². The van der Waals surface area contributed by atoms with Gasteiger partial charge < -0.3 is 20.1 Å². The molecule has 4 nitrogen and oxygen atoms in total. The van der Waals surface area contributed by atoms with E-state index in [1.807, 2.05) is 13.8 Å². The van der Waals surface area contributed by atoms with E-state index in [1.54, 1.807) is 5.57 Å². The van der Waals surface area contributed by atoms with Gasteiger partial charge in [0.15, 0.2) is 0 Å². The van der Waals surface area contributed by atoms with Crippen LogP contribution < -0.4 is 0 Å². The number of hydrogen-bond donors (Lipinski definition) is 3. The third kappa shape index (κ3) is 4.69. The predicted molar refractivity (Wildman–Crippen MR) is 124 cm³/mol. The first-order chi connectivity index (χ1) is 14.6. The van der Waals surface area contributed by atoms with Crippen LogP contribution in [0.1, 0.15) is 91.9 Å². The van der Waals surface area contributed by atoms with Gasteiger partial charge in [-0.25, -0.2) is 0 Å². The molecule has 3 N–H and O–H groups in total. The number of hydrogen-bond acceptors (Lipinski definition) is 4. The van der Waals surface area contributed by atoms with Gasteiger partial charge in [-0.2, -0.15) is 0 Å². The molecule has 0 aromatic rings. The molecule has 0 amide bonds. The normalized spacial score (nSPS) is 42.7. The fourth-order valence-corrected chi connectivity index (χ4v) is 7.25. The molecule has 0 radical (unpaired) electrons. The van der Waals surface area contributed by atoms with Crippen LogP contribution in [-0.2, 0) is 4.74 Å². The zero-order chi connectivity index (χ0) is 22.4. The third-order valence-corrected chi connectivity index (χ3v) is 9.22. The van der Waals surface area contributed by atoms with Gasteiger partial charge in [-0.15, -0.1) is 0 Å². The van der Waals surface area contributed by atoms with Gasteiger partial charge in [0.1, 0.15) is 5.60 Å². The maximum Gasteiger partial charge on any atom is 0.144 e. The first kappa shape index (κ1) is 23.5. The average molecular weight is 433 g/mol. The van der Waals surface area contributed by atoms with Crippen molar-refractivity contribution in [3.05, 3.63) is 23.3 Å². The van der Waals surface area contributed by atoms with Crippen LogP contribution in [0.15, 0.2) is 23.3 Å². The van der Waals surface area contributed by atoms with Crippen LogP contribution in [0.3, 0.4) is 0 Å². The highest BCUT2D eigenvalue weighted by molar-refractivity contribution is 5.28. The molecule has 0 aromatic heterocycles. The van der Waals surface area contributed by atoms with Crippen LogP contribution in [-0.4, -0.2) is 45.3 Å². The number of ether oxygens (including phenoxy) is 1. The molecule has 3 saturated carbocycles. The lowest BCUT2D eigenvalue weighted by atomic mass is 9.60. The molecule has 4 aliphatic rings. The van der Waals surface area contributed by atoms with Gasteiger partial charge in [0.2, 0.25) is 0 Å². The Labute approximate surface area is 188 Å². The lowest BCUT2D eigenvalue weighted by Crippen LogP contribution is -2.45. The quantitative estimate of drug-likeness (QED) is 0.521. The highest BCUT2D eigenvalue weighted by Gasteiger charge is 2.59. The summed E-state index contributed by atoms with van der Waals surface area (Å²) in [5.74, 6) is 2.13. The van der Waals surface area contributed by atoms with Gasteiger partial charge in [-0.1, -0.05) is 50.0 Å². The molecule has 3 unspecified atom stereocenters. The Balaban J connectivity index is 1.41. The Morgan fingerprint density at radius 2 is 1.84 bits per heavy atom. The van der Waals surface area contributed by atoms with Crippen LogP contribution in [0.25, 0.3) is 0 Å². The summed E-state index contributed by atoms with van der Waals surface area (Å²) in [5.41, 5.74) is 1.89. The highest BCUT2D eigenvalue weighted by atomic mass is 16.6. The van der Waals surface area contributed by atoms with Gasteiger partial charge in [0, 0.05) is 0 Å². The fourth-order valence-electron chi connectivity index (χ4n) is 7.25. The molecule has 1 saturated heterocycles. The van der Waals surface area contributed by atoms with Crippen LogP contribution in [0.4, 0.5) is 0 Å². The predicted octanol–water partition coefficient (Wildman–Crippen LogP) is 4.92. The van der Waals surface area contributed by atoms with Crippen LogP contribution >= 0.6 is 0 Å². The van der Waals surface area contributed by atoms with E-state index >= 15 is 0 Å². The van der Waals surface area contributed by atoms with E-state index < -0.39 is 23.4 Å². The minimum Gasteiger partial charge on any atom is -0.390 e. The Bertz CT molecular complexity index is 697. The maximum atomic E-state index is 10.4. The summed E-state index contributed by atoms with van der Waals surface area (Å²) in [4.78, 5) is 0. The molecular formula is C27H44O4. The summed E-state index contributed by atoms with van der Waals surface area (Å²) in [6.45, 7) is 9.28. The molecule has 0 bridgehead atoms. The number of fused-ring (bicyclic) bond motifs is 1. The van der Waals surface area contributed by atoms with Crippen molar-refractivity contribution in [2.24, 2.45) is 23.2 Å². The summed E-state index contributed by atoms with van der Waals surface area (Å²) in [5, 5.41) is 30.9. The van der Waals surface area contributed by atoms with E-state index in [4.69, 9.17) is 4.74 Å². The van der Waals surface area contributed by atoms with E-state index in [-0.39, 0.29) is 0 Å². The Kier molecular flexibility index (Phi) is 6.51. The Hall–Kier alpha value is -0.680. The smallest absolute Gasteiger partial charge is 0.144 e. The summed E-state index contributed by atoms with van der Waals surface area (Å²) in [6, 6.07) is 0. The fraction of sp³-hybridized carbons (Fsp3) is 0.852.